The Hall–Kier alpha value is -1.99. The number of amides is 4. The molecule has 11 nitrogen and oxygen atoms in total. The minimum atomic E-state index is -1.16. The Morgan fingerprint density at radius 1 is 0.853 bits per heavy atom. The van der Waals surface area contributed by atoms with Gasteiger partial charge in [0.25, 0.3) is 0 Å². The van der Waals surface area contributed by atoms with Crippen LogP contribution in [0.15, 0.2) is 0 Å². The van der Waals surface area contributed by atoms with Crippen LogP contribution in [0.2, 0.25) is 0 Å². The van der Waals surface area contributed by atoms with Crippen molar-refractivity contribution in [3.8, 4) is 0 Å². The molecule has 4 amide bonds. The Labute approximate surface area is 209 Å². The Kier molecular flexibility index (Phi) is 16.4. The summed E-state index contributed by atoms with van der Waals surface area (Å²) >= 11 is 2.98. The molecular formula is C21H39N5O6S2. The third kappa shape index (κ3) is 12.5. The molecule has 0 aliphatic carbocycles. The van der Waals surface area contributed by atoms with Gasteiger partial charge in [-0.1, -0.05) is 20.3 Å². The molecule has 0 aliphatic heterocycles. The maximum atomic E-state index is 13.0. The van der Waals surface area contributed by atoms with E-state index in [0.29, 0.717) is 24.3 Å². The highest BCUT2D eigenvalue weighted by Gasteiger charge is 2.32. The normalized spacial score (nSPS) is 15.3. The number of carbonyl (C=O) groups is 5. The van der Waals surface area contributed by atoms with Gasteiger partial charge >= 0.3 is 5.97 Å². The molecule has 0 heterocycles. The monoisotopic (exact) mass is 521 g/mol. The summed E-state index contributed by atoms with van der Waals surface area (Å²) in [5, 5.41) is 17.1. The molecule has 0 aliphatic rings. The molecule has 8 N–H and O–H groups in total. The van der Waals surface area contributed by atoms with Crippen LogP contribution < -0.4 is 27.4 Å². The zero-order chi connectivity index (χ0) is 26.3. The molecule has 0 aromatic carbocycles. The minimum absolute atomic E-state index is 0.0670. The van der Waals surface area contributed by atoms with Crippen LogP contribution >= 0.6 is 23.5 Å². The van der Waals surface area contributed by atoms with E-state index in [1.165, 1.54) is 23.5 Å². The Balaban J connectivity index is 5.53. The Morgan fingerprint density at radius 2 is 1.41 bits per heavy atom. The summed E-state index contributed by atoms with van der Waals surface area (Å²) in [6, 6.07) is -4.10. The van der Waals surface area contributed by atoms with Gasteiger partial charge in [0.2, 0.25) is 23.6 Å². The smallest absolute Gasteiger partial charge is 0.326 e. The molecule has 0 bridgehead atoms. The van der Waals surface area contributed by atoms with E-state index < -0.39 is 53.8 Å². The number of carboxylic acid groups (broad SMARTS) is 1. The molecule has 5 unspecified atom stereocenters. The van der Waals surface area contributed by atoms with Crippen molar-refractivity contribution in [2.75, 3.05) is 24.0 Å². The molecule has 0 saturated heterocycles. The van der Waals surface area contributed by atoms with Gasteiger partial charge < -0.3 is 32.5 Å². The van der Waals surface area contributed by atoms with Crippen molar-refractivity contribution >= 4 is 53.1 Å². The van der Waals surface area contributed by atoms with E-state index in [-0.39, 0.29) is 25.2 Å². The number of aliphatic carboxylic acids is 1. The molecular weight excluding hydrogens is 482 g/mol. The fourth-order valence-corrected chi connectivity index (χ4v) is 3.88. The van der Waals surface area contributed by atoms with Gasteiger partial charge in [-0.05, 0) is 49.2 Å². The largest absolute Gasteiger partial charge is 0.480 e. The molecule has 0 aromatic rings. The maximum absolute atomic E-state index is 13.0. The van der Waals surface area contributed by atoms with Gasteiger partial charge in [0.1, 0.15) is 18.1 Å². The quantitative estimate of drug-likeness (QED) is 0.140. The molecule has 0 spiro atoms. The molecule has 0 aromatic heterocycles. The van der Waals surface area contributed by atoms with Crippen LogP contribution in [-0.4, -0.2) is 82.9 Å². The van der Waals surface area contributed by atoms with E-state index >= 15 is 0 Å². The lowest BCUT2D eigenvalue weighted by atomic mass is 9.97. The SMILES string of the molecule is CCC(C)C(NC(=O)C(CCC(N)=O)NC(=O)C(N)CCSC)C(=O)NC(CCSC)C(=O)O. The van der Waals surface area contributed by atoms with E-state index in [1.54, 1.807) is 6.92 Å². The van der Waals surface area contributed by atoms with Crippen molar-refractivity contribution in [2.24, 2.45) is 17.4 Å². The number of primary amides is 1. The number of hydrogen-bond acceptors (Lipinski definition) is 8. The number of carboxylic acids is 1. The molecule has 34 heavy (non-hydrogen) atoms. The van der Waals surface area contributed by atoms with Crippen molar-refractivity contribution in [3.05, 3.63) is 0 Å². The number of rotatable bonds is 18. The molecule has 5 atom stereocenters. The molecule has 0 rings (SSSR count). The zero-order valence-corrected chi connectivity index (χ0v) is 21.9. The fraction of sp³-hybridized carbons (Fsp3) is 0.762. The second-order valence-electron chi connectivity index (χ2n) is 8.01. The summed E-state index contributed by atoms with van der Waals surface area (Å²) in [5.41, 5.74) is 11.1. The molecule has 0 saturated carbocycles. The fourth-order valence-electron chi connectivity index (χ4n) is 2.92. The lowest BCUT2D eigenvalue weighted by Crippen LogP contribution is -2.58. The summed E-state index contributed by atoms with van der Waals surface area (Å²) in [6.45, 7) is 3.58. The van der Waals surface area contributed by atoms with Crippen LogP contribution in [0.25, 0.3) is 0 Å². The molecule has 0 radical (unpaired) electrons. The Morgan fingerprint density at radius 3 is 1.91 bits per heavy atom. The first-order valence-electron chi connectivity index (χ1n) is 11.1. The second-order valence-corrected chi connectivity index (χ2v) is 9.98. The highest BCUT2D eigenvalue weighted by molar-refractivity contribution is 7.98. The van der Waals surface area contributed by atoms with Gasteiger partial charge in [-0.2, -0.15) is 23.5 Å². The zero-order valence-electron chi connectivity index (χ0n) is 20.3. The number of thioether (sulfide) groups is 2. The molecule has 196 valence electrons. The van der Waals surface area contributed by atoms with Crippen LogP contribution in [0.4, 0.5) is 0 Å². The van der Waals surface area contributed by atoms with Gasteiger partial charge in [0.05, 0.1) is 6.04 Å². The topological polar surface area (TPSA) is 194 Å². The standard InChI is InChI=1S/C21H39N5O6S2/c1-5-12(2)17(20(30)25-15(21(31)32)9-11-34-4)26-19(29)14(6-7-16(23)27)24-18(28)13(22)8-10-33-3/h12-15,17H,5-11,22H2,1-4H3,(H2,23,27)(H,24,28)(H,25,30)(H,26,29)(H,31,32). The Bertz CT molecular complexity index is 697. The van der Waals surface area contributed by atoms with Crippen LogP contribution in [0.5, 0.6) is 0 Å². The number of carbonyl (C=O) groups excluding carboxylic acids is 4. The summed E-state index contributed by atoms with van der Waals surface area (Å²) in [6.07, 6.45) is 4.65. The average Bonchev–Trinajstić information content (AvgIpc) is 2.79. The maximum Gasteiger partial charge on any atom is 0.326 e. The van der Waals surface area contributed by atoms with Gasteiger partial charge in [-0.15, -0.1) is 0 Å². The van der Waals surface area contributed by atoms with E-state index in [2.05, 4.69) is 16.0 Å². The van der Waals surface area contributed by atoms with E-state index in [1.807, 2.05) is 19.4 Å². The van der Waals surface area contributed by atoms with E-state index in [9.17, 15) is 29.1 Å². The lowest BCUT2D eigenvalue weighted by Gasteiger charge is -2.28. The predicted octanol–water partition coefficient (Wildman–Crippen LogP) is -0.329. The van der Waals surface area contributed by atoms with Crippen molar-refractivity contribution in [3.63, 3.8) is 0 Å². The average molecular weight is 522 g/mol. The second kappa shape index (κ2) is 17.4. The van der Waals surface area contributed by atoms with Crippen molar-refractivity contribution in [1.82, 2.24) is 16.0 Å². The van der Waals surface area contributed by atoms with Crippen LogP contribution in [0, 0.1) is 5.92 Å². The van der Waals surface area contributed by atoms with Crippen LogP contribution in [0.3, 0.4) is 0 Å². The molecule has 0 fully saturated rings. The summed E-state index contributed by atoms with van der Waals surface area (Å²) in [5.74, 6) is -2.80. The van der Waals surface area contributed by atoms with Gasteiger partial charge in [0, 0.05) is 6.42 Å². The first-order valence-corrected chi connectivity index (χ1v) is 13.9. The summed E-state index contributed by atoms with van der Waals surface area (Å²) in [4.78, 5) is 61.2. The third-order valence-corrected chi connectivity index (χ3v) is 6.59. The van der Waals surface area contributed by atoms with Crippen LogP contribution in [0.1, 0.15) is 46.0 Å². The highest BCUT2D eigenvalue weighted by Crippen LogP contribution is 2.11. The molecule has 13 heteroatoms. The van der Waals surface area contributed by atoms with Gasteiger partial charge in [0.15, 0.2) is 0 Å². The number of nitrogens with one attached hydrogen (secondary N) is 3. The lowest BCUT2D eigenvalue weighted by molar-refractivity contribution is -0.142. The third-order valence-electron chi connectivity index (χ3n) is 5.30. The van der Waals surface area contributed by atoms with Gasteiger partial charge in [-0.3, -0.25) is 19.2 Å². The van der Waals surface area contributed by atoms with Gasteiger partial charge in [-0.25, -0.2) is 4.79 Å². The van der Waals surface area contributed by atoms with E-state index in [0.717, 1.165) is 0 Å². The first-order chi connectivity index (χ1) is 16.0. The minimum Gasteiger partial charge on any atom is -0.480 e. The van der Waals surface area contributed by atoms with Crippen molar-refractivity contribution in [1.29, 1.82) is 0 Å². The van der Waals surface area contributed by atoms with Crippen molar-refractivity contribution in [2.45, 2.75) is 70.1 Å². The van der Waals surface area contributed by atoms with E-state index in [4.69, 9.17) is 11.5 Å². The first kappa shape index (κ1) is 32.0. The predicted molar refractivity (Wildman–Crippen MR) is 135 cm³/mol. The number of hydrogen-bond donors (Lipinski definition) is 6. The summed E-state index contributed by atoms with van der Waals surface area (Å²) in [7, 11) is 0. The highest BCUT2D eigenvalue weighted by atomic mass is 32.2. The van der Waals surface area contributed by atoms with Crippen molar-refractivity contribution < 1.29 is 29.1 Å². The summed E-state index contributed by atoms with van der Waals surface area (Å²) < 4.78 is 0. The van der Waals surface area contributed by atoms with Crippen LogP contribution in [-0.2, 0) is 24.0 Å². The number of nitrogens with two attached hydrogens (primary N) is 2.